The number of hydrogen-bond donors (Lipinski definition) is 2. The summed E-state index contributed by atoms with van der Waals surface area (Å²) >= 11 is 4.57. The van der Waals surface area contributed by atoms with Gasteiger partial charge in [-0.15, -0.1) is 11.3 Å². The Kier molecular flexibility index (Phi) is 4.20. The van der Waals surface area contributed by atoms with Gasteiger partial charge in [0.05, 0.1) is 22.0 Å². The number of aryl methyl sites for hydroxylation is 2. The van der Waals surface area contributed by atoms with E-state index in [1.807, 2.05) is 6.92 Å². The first-order chi connectivity index (χ1) is 9.38. The van der Waals surface area contributed by atoms with Gasteiger partial charge in [0.25, 0.3) is 5.91 Å². The number of amides is 1. The first-order valence-corrected chi connectivity index (χ1v) is 7.27. The maximum Gasteiger partial charge on any atom is 0.335 e. The fourth-order valence-corrected chi connectivity index (χ4v) is 2.96. The van der Waals surface area contributed by atoms with Gasteiger partial charge in [0.2, 0.25) is 0 Å². The molecule has 0 bridgehead atoms. The van der Waals surface area contributed by atoms with Gasteiger partial charge in [-0.2, -0.15) is 0 Å². The number of carboxylic acid groups (broad SMARTS) is 1. The molecule has 0 saturated carbocycles. The van der Waals surface area contributed by atoms with Crippen LogP contribution in [0.25, 0.3) is 0 Å². The number of thiazole rings is 1. The molecule has 2 N–H and O–H groups in total. The van der Waals surface area contributed by atoms with E-state index in [-0.39, 0.29) is 11.5 Å². The Hall–Kier alpha value is -1.73. The molecule has 1 aromatic heterocycles. The third-order valence-corrected chi connectivity index (χ3v) is 4.30. The maximum absolute atomic E-state index is 12.1. The van der Waals surface area contributed by atoms with Crippen LogP contribution < -0.4 is 5.32 Å². The molecule has 1 aromatic carbocycles. The zero-order valence-corrected chi connectivity index (χ0v) is 13.1. The number of rotatable bonds is 3. The van der Waals surface area contributed by atoms with E-state index in [9.17, 15) is 9.59 Å². The zero-order chi connectivity index (χ0) is 14.9. The molecular weight excluding hydrogens is 344 g/mol. The number of aromatic carboxylic acids is 1. The predicted molar refractivity (Wildman–Crippen MR) is 80.6 cm³/mol. The second-order valence-corrected chi connectivity index (χ2v) is 6.16. The molecule has 0 saturated heterocycles. The van der Waals surface area contributed by atoms with Crippen LogP contribution in [0.15, 0.2) is 22.7 Å². The van der Waals surface area contributed by atoms with E-state index in [1.54, 1.807) is 13.0 Å². The molecule has 0 fully saturated rings. The van der Waals surface area contributed by atoms with Gasteiger partial charge in [0.15, 0.2) is 0 Å². The molecule has 0 radical (unpaired) electrons. The molecule has 0 unspecified atom stereocenters. The summed E-state index contributed by atoms with van der Waals surface area (Å²) in [5.74, 6) is -1.27. The van der Waals surface area contributed by atoms with E-state index >= 15 is 0 Å². The highest BCUT2D eigenvalue weighted by Crippen LogP contribution is 2.25. The van der Waals surface area contributed by atoms with Crippen molar-refractivity contribution in [1.29, 1.82) is 0 Å². The van der Waals surface area contributed by atoms with Gasteiger partial charge >= 0.3 is 5.97 Å². The SMILES string of the molecule is Cc1nc(C)c(C(=O)Nc2ccc(C(=O)O)cc2Br)s1. The summed E-state index contributed by atoms with van der Waals surface area (Å²) in [4.78, 5) is 27.7. The van der Waals surface area contributed by atoms with Gasteiger partial charge in [-0.05, 0) is 48.0 Å². The zero-order valence-electron chi connectivity index (χ0n) is 10.7. The lowest BCUT2D eigenvalue weighted by atomic mass is 10.2. The number of nitrogens with one attached hydrogen (secondary N) is 1. The van der Waals surface area contributed by atoms with Crippen molar-refractivity contribution in [3.8, 4) is 0 Å². The minimum atomic E-state index is -1.02. The van der Waals surface area contributed by atoms with Crippen LogP contribution in [-0.2, 0) is 0 Å². The molecule has 5 nitrogen and oxygen atoms in total. The summed E-state index contributed by atoms with van der Waals surface area (Å²) < 4.78 is 0.518. The molecule has 2 rings (SSSR count). The van der Waals surface area contributed by atoms with Crippen molar-refractivity contribution in [3.63, 3.8) is 0 Å². The number of halogens is 1. The van der Waals surface area contributed by atoms with Crippen LogP contribution >= 0.6 is 27.3 Å². The van der Waals surface area contributed by atoms with Crippen molar-refractivity contribution in [2.45, 2.75) is 13.8 Å². The lowest BCUT2D eigenvalue weighted by Gasteiger charge is -2.07. The van der Waals surface area contributed by atoms with E-state index < -0.39 is 5.97 Å². The highest BCUT2D eigenvalue weighted by atomic mass is 79.9. The number of carbonyl (C=O) groups excluding carboxylic acids is 1. The monoisotopic (exact) mass is 354 g/mol. The van der Waals surface area contributed by atoms with Crippen molar-refractivity contribution in [3.05, 3.63) is 43.8 Å². The Labute approximate surface area is 127 Å². The maximum atomic E-state index is 12.1. The first kappa shape index (κ1) is 14.7. The molecular formula is C13H11BrN2O3S. The third-order valence-electron chi connectivity index (χ3n) is 2.57. The summed E-state index contributed by atoms with van der Waals surface area (Å²) in [6.45, 7) is 3.62. The van der Waals surface area contributed by atoms with Gasteiger partial charge in [-0.25, -0.2) is 9.78 Å². The summed E-state index contributed by atoms with van der Waals surface area (Å²) in [7, 11) is 0. The minimum Gasteiger partial charge on any atom is -0.478 e. The third kappa shape index (κ3) is 3.05. The molecule has 0 aliphatic rings. The quantitative estimate of drug-likeness (QED) is 0.884. The predicted octanol–water partition coefficient (Wildman–Crippen LogP) is 3.47. The van der Waals surface area contributed by atoms with Crippen molar-refractivity contribution < 1.29 is 14.7 Å². The molecule has 1 heterocycles. The molecule has 7 heteroatoms. The van der Waals surface area contributed by atoms with Crippen LogP contribution in [0.4, 0.5) is 5.69 Å². The van der Waals surface area contributed by atoms with Crippen molar-refractivity contribution in [2.75, 3.05) is 5.32 Å². The Balaban J connectivity index is 2.24. The van der Waals surface area contributed by atoms with E-state index in [1.165, 1.54) is 23.5 Å². The van der Waals surface area contributed by atoms with Gasteiger partial charge in [-0.1, -0.05) is 0 Å². The lowest BCUT2D eigenvalue weighted by Crippen LogP contribution is -2.12. The van der Waals surface area contributed by atoms with E-state index in [0.717, 1.165) is 5.01 Å². The molecule has 0 atom stereocenters. The smallest absolute Gasteiger partial charge is 0.335 e. The van der Waals surface area contributed by atoms with Gasteiger partial charge < -0.3 is 10.4 Å². The van der Waals surface area contributed by atoms with Crippen LogP contribution in [-0.4, -0.2) is 22.0 Å². The van der Waals surface area contributed by atoms with E-state index in [4.69, 9.17) is 5.11 Å². The number of carboxylic acids is 1. The number of nitrogens with zero attached hydrogens (tertiary/aromatic N) is 1. The average Bonchev–Trinajstić information content (AvgIpc) is 2.70. The molecule has 1 amide bonds. The van der Waals surface area contributed by atoms with Gasteiger partial charge in [0, 0.05) is 4.47 Å². The summed E-state index contributed by atoms with van der Waals surface area (Å²) in [6, 6.07) is 4.44. The fraction of sp³-hybridized carbons (Fsp3) is 0.154. The van der Waals surface area contributed by atoms with Crippen molar-refractivity contribution >= 4 is 44.8 Å². The number of carbonyl (C=O) groups is 2. The second-order valence-electron chi connectivity index (χ2n) is 4.10. The van der Waals surface area contributed by atoms with Crippen LogP contribution in [0.1, 0.15) is 30.7 Å². The number of benzene rings is 1. The standard InChI is InChI=1S/C13H11BrN2O3S/c1-6-11(20-7(2)15-6)12(17)16-10-4-3-8(13(18)19)5-9(10)14/h3-5H,1-2H3,(H,16,17)(H,18,19). The minimum absolute atomic E-state index is 0.152. The number of aromatic nitrogens is 1. The van der Waals surface area contributed by atoms with Gasteiger partial charge in [-0.3, -0.25) is 4.79 Å². The van der Waals surface area contributed by atoms with E-state index in [0.29, 0.717) is 20.7 Å². The first-order valence-electron chi connectivity index (χ1n) is 5.66. The highest BCUT2D eigenvalue weighted by Gasteiger charge is 2.15. The van der Waals surface area contributed by atoms with Crippen molar-refractivity contribution in [1.82, 2.24) is 4.98 Å². The largest absolute Gasteiger partial charge is 0.478 e. The van der Waals surface area contributed by atoms with Crippen LogP contribution in [0.3, 0.4) is 0 Å². The molecule has 0 spiro atoms. The van der Waals surface area contributed by atoms with Gasteiger partial charge in [0.1, 0.15) is 4.88 Å². The normalized spacial score (nSPS) is 10.3. The Bertz CT molecular complexity index is 697. The number of anilines is 1. The second kappa shape index (κ2) is 5.72. The number of hydrogen-bond acceptors (Lipinski definition) is 4. The average molecular weight is 355 g/mol. The van der Waals surface area contributed by atoms with Crippen LogP contribution in [0, 0.1) is 13.8 Å². The Morgan fingerprint density at radius 2 is 2.05 bits per heavy atom. The molecule has 2 aromatic rings. The fourth-order valence-electron chi connectivity index (χ4n) is 1.67. The van der Waals surface area contributed by atoms with Crippen molar-refractivity contribution in [2.24, 2.45) is 0 Å². The highest BCUT2D eigenvalue weighted by molar-refractivity contribution is 9.10. The summed E-state index contributed by atoms with van der Waals surface area (Å²) in [5.41, 5.74) is 1.36. The lowest BCUT2D eigenvalue weighted by molar-refractivity contribution is 0.0696. The van der Waals surface area contributed by atoms with Crippen LogP contribution in [0.2, 0.25) is 0 Å². The molecule has 0 aliphatic heterocycles. The Morgan fingerprint density at radius 3 is 2.55 bits per heavy atom. The Morgan fingerprint density at radius 1 is 1.35 bits per heavy atom. The summed E-state index contributed by atoms with van der Waals surface area (Å²) in [6.07, 6.45) is 0. The van der Waals surface area contributed by atoms with E-state index in [2.05, 4.69) is 26.2 Å². The molecule has 0 aliphatic carbocycles. The molecule has 104 valence electrons. The van der Waals surface area contributed by atoms with Crippen LogP contribution in [0.5, 0.6) is 0 Å². The summed E-state index contributed by atoms with van der Waals surface area (Å²) in [5, 5.41) is 12.4. The molecule has 20 heavy (non-hydrogen) atoms. The topological polar surface area (TPSA) is 79.3 Å².